The Morgan fingerprint density at radius 3 is 2.28 bits per heavy atom. The van der Waals surface area contributed by atoms with Crippen LogP contribution in [0.15, 0.2) is 42.5 Å². The number of carboxylic acid groups (broad SMARTS) is 1. The molecule has 0 aliphatic carbocycles. The van der Waals surface area contributed by atoms with E-state index in [1.54, 1.807) is 32.9 Å². The van der Waals surface area contributed by atoms with Gasteiger partial charge >= 0.3 is 17.9 Å². The zero-order chi connectivity index (χ0) is 35.9. The van der Waals surface area contributed by atoms with Crippen molar-refractivity contribution in [1.82, 2.24) is 20.3 Å². The van der Waals surface area contributed by atoms with Crippen molar-refractivity contribution >= 4 is 35.4 Å². The Labute approximate surface area is 290 Å². The molecule has 2 aliphatic rings. The van der Waals surface area contributed by atoms with Gasteiger partial charge in [-0.2, -0.15) is 15.0 Å². The van der Waals surface area contributed by atoms with Gasteiger partial charge in [-0.3, -0.25) is 9.59 Å². The molecule has 1 amide bonds. The molecule has 1 atom stereocenters. The van der Waals surface area contributed by atoms with Crippen molar-refractivity contribution in [1.29, 1.82) is 0 Å². The minimum Gasteiger partial charge on any atom is -0.491 e. The lowest BCUT2D eigenvalue weighted by Crippen LogP contribution is -2.41. The van der Waals surface area contributed by atoms with Crippen molar-refractivity contribution in [2.45, 2.75) is 58.7 Å². The zero-order valence-corrected chi connectivity index (χ0v) is 28.7. The number of aromatic nitrogens is 3. The van der Waals surface area contributed by atoms with E-state index in [1.165, 1.54) is 6.07 Å². The third-order valence-electron chi connectivity index (χ3n) is 6.76. The molecule has 0 fully saturated rings. The molecule has 50 heavy (non-hydrogen) atoms. The third kappa shape index (κ3) is 12.7. The average molecular weight is 697 g/mol. The lowest BCUT2D eigenvalue weighted by Gasteiger charge is -2.21. The van der Waals surface area contributed by atoms with E-state index < -0.39 is 29.5 Å². The molecule has 16 nitrogen and oxygen atoms in total. The molecule has 0 saturated heterocycles. The molecule has 3 aromatic rings. The van der Waals surface area contributed by atoms with Crippen molar-refractivity contribution in [3.05, 3.63) is 53.6 Å². The average Bonchev–Trinajstić information content (AvgIpc) is 3.06. The van der Waals surface area contributed by atoms with Crippen LogP contribution in [0.2, 0.25) is 0 Å². The second kappa shape index (κ2) is 18.5. The van der Waals surface area contributed by atoms with Gasteiger partial charge in [0.05, 0.1) is 38.6 Å². The van der Waals surface area contributed by atoms with Crippen LogP contribution in [-0.4, -0.2) is 95.8 Å². The number of benzene rings is 2. The van der Waals surface area contributed by atoms with E-state index in [4.69, 9.17) is 28.4 Å². The van der Waals surface area contributed by atoms with Crippen LogP contribution in [0, 0.1) is 0 Å². The molecule has 5 rings (SSSR count). The lowest BCUT2D eigenvalue weighted by atomic mass is 10.1. The third-order valence-corrected chi connectivity index (χ3v) is 6.76. The molecule has 2 aromatic carbocycles. The van der Waals surface area contributed by atoms with Crippen LogP contribution < -0.4 is 30.2 Å². The van der Waals surface area contributed by atoms with Gasteiger partial charge in [0.25, 0.3) is 5.91 Å². The highest BCUT2D eigenvalue weighted by Gasteiger charge is 2.25. The monoisotopic (exact) mass is 696 g/mol. The number of nitrogens with one attached hydrogen (secondary N) is 3. The maximum Gasteiger partial charge on any atom is 0.326 e. The summed E-state index contributed by atoms with van der Waals surface area (Å²) in [6, 6.07) is 11.0. The first kappa shape index (κ1) is 37.6. The molecular formula is C34H44N6O10. The lowest BCUT2D eigenvalue weighted by molar-refractivity contribution is -0.155. The molecule has 1 aromatic heterocycles. The number of hydrogen-bond donors (Lipinski definition) is 4. The highest BCUT2D eigenvalue weighted by Crippen LogP contribution is 2.27. The SMILES string of the molecule is CCOc1nc2nc(n1)Nc1ccc(C(=O)N[C@@H](CCC(=O)OC(C)(C)C)C(=O)O)c(c1)OCCOCCOCCOc1ccc(cc1)CN2. The fraction of sp³-hybridized carbons (Fsp3) is 0.471. The first-order valence-corrected chi connectivity index (χ1v) is 16.3. The quantitative estimate of drug-likeness (QED) is 0.196. The molecule has 3 heterocycles. The Bertz CT molecular complexity index is 1580. The van der Waals surface area contributed by atoms with Gasteiger partial charge in [0.15, 0.2) is 0 Å². The first-order chi connectivity index (χ1) is 24.0. The van der Waals surface area contributed by atoms with Crippen LogP contribution in [0.3, 0.4) is 0 Å². The van der Waals surface area contributed by atoms with Crippen LogP contribution in [0.25, 0.3) is 0 Å². The number of anilines is 3. The van der Waals surface area contributed by atoms with Crippen molar-refractivity contribution in [3.8, 4) is 17.5 Å². The summed E-state index contributed by atoms with van der Waals surface area (Å²) in [4.78, 5) is 50.8. The summed E-state index contributed by atoms with van der Waals surface area (Å²) in [6.07, 6.45) is -0.370. The molecule has 0 radical (unpaired) electrons. The van der Waals surface area contributed by atoms with Crippen LogP contribution in [0.5, 0.6) is 17.5 Å². The van der Waals surface area contributed by atoms with E-state index in [2.05, 4.69) is 30.9 Å². The highest BCUT2D eigenvalue weighted by atomic mass is 16.6. The summed E-state index contributed by atoms with van der Waals surface area (Å²) >= 11 is 0. The molecule has 16 heteroatoms. The summed E-state index contributed by atoms with van der Waals surface area (Å²) in [5.74, 6) is -1.31. The van der Waals surface area contributed by atoms with Gasteiger partial charge < -0.3 is 49.5 Å². The van der Waals surface area contributed by atoms with Gasteiger partial charge in [-0.05, 0) is 63.9 Å². The minimum absolute atomic E-state index is 0.0619. The second-order valence-electron chi connectivity index (χ2n) is 11.9. The molecule has 270 valence electrons. The standard InChI is InChI=1S/C34H44N6O10/c1-5-47-33-39-31-35-21-22-6-9-24(10-7-22)48-18-16-45-14-15-46-17-19-49-27-20-23(36-32(38-31)40-33)8-11-25(27)29(42)37-26(30(43)44)12-13-28(41)50-34(2,3)4/h6-11,20,26H,5,12-19,21H2,1-4H3,(H,37,42)(H,43,44)(H2,35,36,38,39,40)/t26-/m0/s1. The van der Waals surface area contributed by atoms with Gasteiger partial charge in [0, 0.05) is 24.7 Å². The number of aliphatic carboxylic acids is 1. The van der Waals surface area contributed by atoms with Gasteiger partial charge in [-0.25, -0.2) is 4.79 Å². The summed E-state index contributed by atoms with van der Waals surface area (Å²) in [6.45, 7) is 9.33. The molecule has 0 saturated carbocycles. The predicted molar refractivity (Wildman–Crippen MR) is 181 cm³/mol. The number of fused-ring (bicyclic) bond motifs is 12. The maximum absolute atomic E-state index is 13.4. The maximum atomic E-state index is 13.4. The molecular weight excluding hydrogens is 652 g/mol. The number of rotatable bonds is 8. The topological polar surface area (TPSA) is 202 Å². The number of nitrogens with zero attached hydrogens (tertiary/aromatic N) is 3. The number of amides is 1. The number of carboxylic acids is 1. The fourth-order valence-corrected chi connectivity index (χ4v) is 4.51. The van der Waals surface area contributed by atoms with Crippen LogP contribution in [0.4, 0.5) is 17.6 Å². The van der Waals surface area contributed by atoms with Crippen molar-refractivity contribution in [2.75, 3.05) is 56.9 Å². The molecule has 2 aliphatic heterocycles. The molecule has 6 bridgehead atoms. The van der Waals surface area contributed by atoms with E-state index in [-0.39, 0.29) is 55.3 Å². The van der Waals surface area contributed by atoms with Gasteiger partial charge in [0.1, 0.15) is 36.4 Å². The number of esters is 1. The number of hydrogen-bond acceptors (Lipinski definition) is 14. The van der Waals surface area contributed by atoms with E-state index in [0.717, 1.165) is 5.56 Å². The summed E-state index contributed by atoms with van der Waals surface area (Å²) in [5.41, 5.74) is 0.754. The van der Waals surface area contributed by atoms with Crippen LogP contribution in [0.1, 0.15) is 56.5 Å². The summed E-state index contributed by atoms with van der Waals surface area (Å²) in [7, 11) is 0. The molecule has 4 N–H and O–H groups in total. The largest absolute Gasteiger partial charge is 0.491 e. The number of ether oxygens (including phenoxy) is 6. The van der Waals surface area contributed by atoms with Crippen molar-refractivity contribution in [2.24, 2.45) is 0 Å². The summed E-state index contributed by atoms with van der Waals surface area (Å²) in [5, 5.41) is 18.5. The Morgan fingerprint density at radius 1 is 0.920 bits per heavy atom. The number of carbonyl (C=O) groups excluding carboxylic acids is 2. The van der Waals surface area contributed by atoms with E-state index >= 15 is 0 Å². The predicted octanol–water partition coefficient (Wildman–Crippen LogP) is 3.74. The molecule has 0 spiro atoms. The Morgan fingerprint density at radius 2 is 1.60 bits per heavy atom. The Balaban J connectivity index is 1.56. The fourth-order valence-electron chi connectivity index (χ4n) is 4.51. The van der Waals surface area contributed by atoms with Gasteiger partial charge in [-0.15, -0.1) is 0 Å². The van der Waals surface area contributed by atoms with Crippen LogP contribution >= 0.6 is 0 Å². The number of carbonyl (C=O) groups is 3. The normalized spacial score (nSPS) is 14.8. The van der Waals surface area contributed by atoms with Crippen molar-refractivity contribution in [3.63, 3.8) is 0 Å². The molecule has 0 unspecified atom stereocenters. The van der Waals surface area contributed by atoms with Gasteiger partial charge in [-0.1, -0.05) is 12.1 Å². The summed E-state index contributed by atoms with van der Waals surface area (Å²) < 4.78 is 33.7. The van der Waals surface area contributed by atoms with Gasteiger partial charge in [0.2, 0.25) is 11.9 Å². The Kier molecular flexibility index (Phi) is 13.9. The van der Waals surface area contributed by atoms with Crippen LogP contribution in [-0.2, 0) is 30.3 Å². The minimum atomic E-state index is -1.36. The Hall–Kier alpha value is -5.22. The first-order valence-electron chi connectivity index (χ1n) is 16.3. The van der Waals surface area contributed by atoms with Crippen molar-refractivity contribution < 1.29 is 47.9 Å². The van der Waals surface area contributed by atoms with E-state index in [9.17, 15) is 19.5 Å². The zero-order valence-electron chi connectivity index (χ0n) is 28.7. The van der Waals surface area contributed by atoms with E-state index in [0.29, 0.717) is 51.0 Å². The second-order valence-corrected chi connectivity index (χ2v) is 11.9. The van der Waals surface area contributed by atoms with E-state index in [1.807, 2.05) is 31.2 Å². The highest BCUT2D eigenvalue weighted by molar-refractivity contribution is 5.99. The smallest absolute Gasteiger partial charge is 0.326 e.